The van der Waals surface area contributed by atoms with Gasteiger partial charge in [-0.2, -0.15) is 5.10 Å². The van der Waals surface area contributed by atoms with Crippen LogP contribution in [0.5, 0.6) is 0 Å². The lowest BCUT2D eigenvalue weighted by Crippen LogP contribution is -2.10. The molecule has 0 amide bonds. The minimum Gasteiger partial charge on any atom is -0.449 e. The molecule has 1 aromatic carbocycles. The highest BCUT2D eigenvalue weighted by atomic mass is 16.6. The standard InChI is InChI=1S/C15H15N5O3/c1-9-6-12(4-5-13(9)20-8-16-7-17-20)15(21)22-10(2)14-19-18-11(3)23-14/h4-8,10H,1-3H3/t10-/m0/s1. The Morgan fingerprint density at radius 3 is 2.74 bits per heavy atom. The Morgan fingerprint density at radius 1 is 1.30 bits per heavy atom. The largest absolute Gasteiger partial charge is 0.449 e. The van der Waals surface area contributed by atoms with E-state index in [1.165, 1.54) is 6.33 Å². The molecule has 0 N–H and O–H groups in total. The van der Waals surface area contributed by atoms with Crippen LogP contribution in [0, 0.1) is 13.8 Å². The number of aryl methyl sites for hydroxylation is 2. The van der Waals surface area contributed by atoms with Crippen molar-refractivity contribution in [2.45, 2.75) is 26.9 Å². The first-order valence-corrected chi connectivity index (χ1v) is 7.01. The highest BCUT2D eigenvalue weighted by Gasteiger charge is 2.19. The molecule has 0 aliphatic carbocycles. The van der Waals surface area contributed by atoms with Gasteiger partial charge in [0.05, 0.1) is 11.3 Å². The lowest BCUT2D eigenvalue weighted by Gasteiger charge is -2.11. The molecule has 23 heavy (non-hydrogen) atoms. The zero-order chi connectivity index (χ0) is 16.4. The van der Waals surface area contributed by atoms with Crippen molar-refractivity contribution in [3.8, 4) is 5.69 Å². The van der Waals surface area contributed by atoms with Crippen molar-refractivity contribution in [2.75, 3.05) is 0 Å². The Kier molecular flexibility index (Phi) is 3.88. The molecule has 8 heteroatoms. The van der Waals surface area contributed by atoms with E-state index in [4.69, 9.17) is 9.15 Å². The summed E-state index contributed by atoms with van der Waals surface area (Å²) in [5, 5.41) is 11.6. The Balaban J connectivity index is 1.76. The summed E-state index contributed by atoms with van der Waals surface area (Å²) in [5.74, 6) is 0.240. The number of esters is 1. The zero-order valence-electron chi connectivity index (χ0n) is 12.9. The monoisotopic (exact) mass is 313 g/mol. The van der Waals surface area contributed by atoms with Gasteiger partial charge in [-0.05, 0) is 37.6 Å². The van der Waals surface area contributed by atoms with Crippen molar-refractivity contribution in [3.63, 3.8) is 0 Å². The fourth-order valence-electron chi connectivity index (χ4n) is 2.13. The molecule has 0 saturated heterocycles. The third-order valence-corrected chi connectivity index (χ3v) is 3.27. The number of nitrogens with zero attached hydrogens (tertiary/aromatic N) is 5. The van der Waals surface area contributed by atoms with Gasteiger partial charge in [-0.3, -0.25) is 0 Å². The average molecular weight is 313 g/mol. The van der Waals surface area contributed by atoms with Crippen LogP contribution in [-0.4, -0.2) is 30.9 Å². The van der Waals surface area contributed by atoms with E-state index in [9.17, 15) is 4.79 Å². The first-order chi connectivity index (χ1) is 11.0. The predicted octanol–water partition coefficient (Wildman–Crippen LogP) is 2.19. The second-order valence-electron chi connectivity index (χ2n) is 5.05. The molecular formula is C15H15N5O3. The normalized spacial score (nSPS) is 12.1. The maximum atomic E-state index is 12.2. The lowest BCUT2D eigenvalue weighted by atomic mass is 10.1. The maximum absolute atomic E-state index is 12.2. The summed E-state index contributed by atoms with van der Waals surface area (Å²) in [7, 11) is 0. The summed E-state index contributed by atoms with van der Waals surface area (Å²) < 4.78 is 12.2. The van der Waals surface area contributed by atoms with E-state index < -0.39 is 12.1 Å². The van der Waals surface area contributed by atoms with Gasteiger partial charge in [-0.15, -0.1) is 10.2 Å². The summed E-state index contributed by atoms with van der Waals surface area (Å²) in [4.78, 5) is 16.1. The quantitative estimate of drug-likeness (QED) is 0.681. The van der Waals surface area contributed by atoms with Gasteiger partial charge in [0.1, 0.15) is 12.7 Å². The fourth-order valence-corrected chi connectivity index (χ4v) is 2.13. The molecule has 2 aromatic heterocycles. The van der Waals surface area contributed by atoms with Crippen LogP contribution in [0.1, 0.15) is 40.7 Å². The third-order valence-electron chi connectivity index (χ3n) is 3.27. The fraction of sp³-hybridized carbons (Fsp3) is 0.267. The molecule has 3 rings (SSSR count). The van der Waals surface area contributed by atoms with Crippen LogP contribution in [0.25, 0.3) is 5.69 Å². The molecule has 0 radical (unpaired) electrons. The second-order valence-corrected chi connectivity index (χ2v) is 5.05. The summed E-state index contributed by atoms with van der Waals surface area (Å²) in [5.41, 5.74) is 2.17. The minimum absolute atomic E-state index is 0.270. The minimum atomic E-state index is -0.612. The lowest BCUT2D eigenvalue weighted by molar-refractivity contribution is 0.0277. The van der Waals surface area contributed by atoms with Crippen molar-refractivity contribution in [3.05, 3.63) is 53.8 Å². The third kappa shape index (κ3) is 3.10. The van der Waals surface area contributed by atoms with Crippen LogP contribution in [0.4, 0.5) is 0 Å². The van der Waals surface area contributed by atoms with Crippen molar-refractivity contribution < 1.29 is 13.9 Å². The maximum Gasteiger partial charge on any atom is 0.338 e. The molecule has 0 fully saturated rings. The molecule has 1 atom stereocenters. The molecule has 3 aromatic rings. The van der Waals surface area contributed by atoms with Crippen LogP contribution >= 0.6 is 0 Å². The SMILES string of the molecule is Cc1nnc([C@H](C)OC(=O)c2ccc(-n3cncn3)c(C)c2)o1. The Labute approximate surface area is 132 Å². The number of ether oxygens (including phenoxy) is 1. The highest BCUT2D eigenvalue weighted by molar-refractivity contribution is 5.90. The molecule has 0 spiro atoms. The van der Waals surface area contributed by atoms with E-state index in [-0.39, 0.29) is 5.89 Å². The van der Waals surface area contributed by atoms with Crippen molar-refractivity contribution in [1.29, 1.82) is 0 Å². The molecule has 0 unspecified atom stereocenters. The summed E-state index contributed by atoms with van der Waals surface area (Å²) in [6, 6.07) is 5.21. The molecule has 2 heterocycles. The topological polar surface area (TPSA) is 95.9 Å². The van der Waals surface area contributed by atoms with E-state index in [2.05, 4.69) is 20.3 Å². The highest BCUT2D eigenvalue weighted by Crippen LogP contribution is 2.20. The Morgan fingerprint density at radius 2 is 2.13 bits per heavy atom. The summed E-state index contributed by atoms with van der Waals surface area (Å²) >= 11 is 0. The molecule has 8 nitrogen and oxygen atoms in total. The molecule has 0 aliphatic heterocycles. The number of benzene rings is 1. The predicted molar refractivity (Wildman–Crippen MR) is 79.0 cm³/mol. The van der Waals surface area contributed by atoms with E-state index >= 15 is 0 Å². The Hall–Kier alpha value is -3.03. The smallest absolute Gasteiger partial charge is 0.338 e. The van der Waals surface area contributed by atoms with Gasteiger partial charge >= 0.3 is 5.97 Å². The first kappa shape index (κ1) is 14.9. The van der Waals surface area contributed by atoms with Gasteiger partial charge in [0, 0.05) is 6.92 Å². The van der Waals surface area contributed by atoms with Crippen LogP contribution in [0.2, 0.25) is 0 Å². The first-order valence-electron chi connectivity index (χ1n) is 7.01. The number of rotatable bonds is 4. The van der Waals surface area contributed by atoms with Crippen molar-refractivity contribution >= 4 is 5.97 Å². The average Bonchev–Trinajstić information content (AvgIpc) is 3.18. The van der Waals surface area contributed by atoms with Gasteiger partial charge in [0.15, 0.2) is 6.10 Å². The number of hydrogen-bond donors (Lipinski definition) is 0. The second kappa shape index (κ2) is 5.99. The van der Waals surface area contributed by atoms with E-state index in [1.807, 2.05) is 6.92 Å². The van der Waals surface area contributed by atoms with Crippen LogP contribution in [0.15, 0.2) is 35.3 Å². The van der Waals surface area contributed by atoms with E-state index in [0.29, 0.717) is 11.5 Å². The number of hydrogen-bond acceptors (Lipinski definition) is 7. The van der Waals surface area contributed by atoms with Crippen LogP contribution in [-0.2, 0) is 4.74 Å². The zero-order valence-corrected chi connectivity index (χ0v) is 12.9. The molecule has 0 aliphatic rings. The number of carbonyl (C=O) groups excluding carboxylic acids is 1. The molecule has 0 bridgehead atoms. The van der Waals surface area contributed by atoms with Gasteiger partial charge in [0.25, 0.3) is 5.89 Å². The summed E-state index contributed by atoms with van der Waals surface area (Å²) in [6.45, 7) is 5.25. The molecule has 0 saturated carbocycles. The molecular weight excluding hydrogens is 298 g/mol. The number of carbonyl (C=O) groups is 1. The molecule has 118 valence electrons. The van der Waals surface area contributed by atoms with Crippen LogP contribution < -0.4 is 0 Å². The Bertz CT molecular complexity index is 826. The van der Waals surface area contributed by atoms with Crippen molar-refractivity contribution in [1.82, 2.24) is 25.0 Å². The van der Waals surface area contributed by atoms with Gasteiger partial charge in [-0.25, -0.2) is 14.5 Å². The van der Waals surface area contributed by atoms with Crippen molar-refractivity contribution in [2.24, 2.45) is 0 Å². The van der Waals surface area contributed by atoms with Gasteiger partial charge in [0.2, 0.25) is 5.89 Å². The number of aromatic nitrogens is 5. The van der Waals surface area contributed by atoms with E-state index in [0.717, 1.165) is 11.3 Å². The summed E-state index contributed by atoms with van der Waals surface area (Å²) in [6.07, 6.45) is 2.44. The van der Waals surface area contributed by atoms with Gasteiger partial charge < -0.3 is 9.15 Å². The van der Waals surface area contributed by atoms with E-state index in [1.54, 1.807) is 43.1 Å². The van der Waals surface area contributed by atoms with Crippen LogP contribution in [0.3, 0.4) is 0 Å². The van der Waals surface area contributed by atoms with Gasteiger partial charge in [-0.1, -0.05) is 0 Å².